The lowest BCUT2D eigenvalue weighted by Gasteiger charge is -2.37. The first-order valence-corrected chi connectivity index (χ1v) is 18.2. The Kier molecular flexibility index (Phi) is 12.5. The van der Waals surface area contributed by atoms with Crippen LogP contribution in [0.2, 0.25) is 0 Å². The third-order valence-corrected chi connectivity index (χ3v) is 11.1. The average Bonchev–Trinajstić information content (AvgIpc) is 2.98. The molecular weight excluding hydrogens is 688 g/mol. The summed E-state index contributed by atoms with van der Waals surface area (Å²) in [6, 6.07) is 24.0. The summed E-state index contributed by atoms with van der Waals surface area (Å²) in [5, 5.41) is 23.2. The molecule has 0 aliphatic heterocycles. The molecule has 3 nitrogen and oxygen atoms in total. The number of aliphatic hydroxyl groups excluding tert-OH is 1. The number of ether oxygens (including phenoxy) is 1. The molecular formula is C40H52Br2O3. The summed E-state index contributed by atoms with van der Waals surface area (Å²) >= 11 is 7.05. The summed E-state index contributed by atoms with van der Waals surface area (Å²) in [5.74, 6) is 2.96. The first kappa shape index (κ1) is 35.8. The quantitative estimate of drug-likeness (QED) is 0.215. The maximum absolute atomic E-state index is 9.29. The Balaban J connectivity index is 0.000000169. The van der Waals surface area contributed by atoms with Gasteiger partial charge in [-0.15, -0.1) is 0 Å². The van der Waals surface area contributed by atoms with Gasteiger partial charge < -0.3 is 14.9 Å². The monoisotopic (exact) mass is 738 g/mol. The zero-order valence-electron chi connectivity index (χ0n) is 28.0. The molecule has 4 aromatic carbocycles. The summed E-state index contributed by atoms with van der Waals surface area (Å²) in [6.45, 7) is 14.0. The van der Waals surface area contributed by atoms with Crippen LogP contribution in [0, 0.1) is 22.7 Å². The second kappa shape index (κ2) is 15.7. The van der Waals surface area contributed by atoms with Gasteiger partial charge in [-0.2, -0.15) is 0 Å². The third-order valence-electron chi connectivity index (χ3n) is 9.74. The van der Waals surface area contributed by atoms with Crippen molar-refractivity contribution in [2.24, 2.45) is 22.7 Å². The molecule has 2 aliphatic carbocycles. The molecule has 0 atom stereocenters. The van der Waals surface area contributed by atoms with Crippen LogP contribution in [0.1, 0.15) is 92.9 Å². The van der Waals surface area contributed by atoms with Crippen LogP contribution in [0.15, 0.2) is 81.7 Å². The first-order chi connectivity index (χ1) is 21.2. The molecule has 2 fully saturated rings. The van der Waals surface area contributed by atoms with Crippen LogP contribution in [0.25, 0.3) is 21.5 Å². The topological polar surface area (TPSA) is 49.7 Å². The number of fused-ring (bicyclic) bond motifs is 2. The Bertz CT molecular complexity index is 1520. The van der Waals surface area contributed by atoms with E-state index in [9.17, 15) is 10.2 Å². The second-order valence-electron chi connectivity index (χ2n) is 15.1. The van der Waals surface area contributed by atoms with Gasteiger partial charge in [0.15, 0.2) is 0 Å². The van der Waals surface area contributed by atoms with Crippen molar-refractivity contribution in [3.63, 3.8) is 0 Å². The SMILES string of the molecule is CC(C)(C)C1CCC(O)CC1.CC(C)(C)C1CCC(Oc2ccc3cccc(Br)c3c2)CC1.Oc1ccc2cccc(Br)c2c1. The Hall–Kier alpha value is -2.08. The fraction of sp³-hybridized carbons (Fsp3) is 0.500. The van der Waals surface area contributed by atoms with Crippen LogP contribution >= 0.6 is 31.9 Å². The molecule has 0 saturated heterocycles. The molecule has 0 aromatic heterocycles. The van der Waals surface area contributed by atoms with Gasteiger partial charge in [-0.3, -0.25) is 0 Å². The maximum atomic E-state index is 9.29. The molecule has 244 valence electrons. The zero-order chi connectivity index (χ0) is 32.8. The third kappa shape index (κ3) is 10.5. The van der Waals surface area contributed by atoms with E-state index in [1.165, 1.54) is 49.3 Å². The van der Waals surface area contributed by atoms with Gasteiger partial charge in [-0.25, -0.2) is 0 Å². The fourth-order valence-corrected chi connectivity index (χ4v) is 7.68. The van der Waals surface area contributed by atoms with Crippen molar-refractivity contribution in [3.05, 3.63) is 81.7 Å². The van der Waals surface area contributed by atoms with Gasteiger partial charge in [0.25, 0.3) is 0 Å². The molecule has 0 spiro atoms. The lowest BCUT2D eigenvalue weighted by Crippen LogP contribution is -2.30. The molecule has 2 N–H and O–H groups in total. The molecule has 0 radical (unpaired) electrons. The molecule has 6 rings (SSSR count). The van der Waals surface area contributed by atoms with E-state index in [1.807, 2.05) is 24.3 Å². The minimum Gasteiger partial charge on any atom is -0.508 e. The van der Waals surface area contributed by atoms with E-state index in [0.717, 1.165) is 50.1 Å². The normalized spacial score (nSPS) is 22.2. The van der Waals surface area contributed by atoms with E-state index in [4.69, 9.17) is 4.74 Å². The number of phenols is 1. The summed E-state index contributed by atoms with van der Waals surface area (Å²) in [7, 11) is 0. The van der Waals surface area contributed by atoms with Crippen LogP contribution in [0.3, 0.4) is 0 Å². The number of aromatic hydroxyl groups is 1. The Labute approximate surface area is 288 Å². The number of hydrogen-bond donors (Lipinski definition) is 2. The minimum atomic E-state index is -0.00593. The predicted octanol–water partition coefficient (Wildman–Crippen LogP) is 12.5. The number of benzene rings is 4. The molecule has 0 unspecified atom stereocenters. The zero-order valence-corrected chi connectivity index (χ0v) is 31.1. The van der Waals surface area contributed by atoms with Crippen molar-refractivity contribution in [2.75, 3.05) is 0 Å². The van der Waals surface area contributed by atoms with Crippen molar-refractivity contribution in [1.82, 2.24) is 0 Å². The number of halogens is 2. The minimum absolute atomic E-state index is 0.00593. The number of aliphatic hydroxyl groups is 1. The Morgan fingerprint density at radius 2 is 1.07 bits per heavy atom. The lowest BCUT2D eigenvalue weighted by molar-refractivity contribution is 0.0725. The highest BCUT2D eigenvalue weighted by Gasteiger charge is 2.30. The van der Waals surface area contributed by atoms with Crippen molar-refractivity contribution < 1.29 is 14.9 Å². The summed E-state index contributed by atoms with van der Waals surface area (Å²) < 4.78 is 8.40. The highest BCUT2D eigenvalue weighted by atomic mass is 79.9. The summed E-state index contributed by atoms with van der Waals surface area (Å²) in [5.41, 5.74) is 0.874. The standard InChI is InChI=1S/C20H25BrO.C10H7BrO.C10H20O/c1-20(2,3)15-8-11-16(12-9-15)22-17-10-7-14-5-4-6-19(21)18(14)13-17;11-10-3-1-2-7-4-5-8(12)6-9(7)10;1-10(2,3)8-4-6-9(11)7-5-8/h4-7,10,13,15-16H,8-9,11-12H2,1-3H3;1-6,12H;8-9,11H,4-7H2,1-3H3. The van der Waals surface area contributed by atoms with Gasteiger partial charge in [0.1, 0.15) is 11.5 Å². The molecule has 45 heavy (non-hydrogen) atoms. The van der Waals surface area contributed by atoms with Crippen LogP contribution in [0.5, 0.6) is 11.5 Å². The van der Waals surface area contributed by atoms with E-state index >= 15 is 0 Å². The lowest BCUT2D eigenvalue weighted by atomic mass is 9.72. The Morgan fingerprint density at radius 1 is 0.600 bits per heavy atom. The van der Waals surface area contributed by atoms with Gasteiger partial charge in [0.2, 0.25) is 0 Å². The van der Waals surface area contributed by atoms with E-state index in [1.54, 1.807) is 12.1 Å². The van der Waals surface area contributed by atoms with E-state index < -0.39 is 0 Å². The summed E-state index contributed by atoms with van der Waals surface area (Å²) in [4.78, 5) is 0. The van der Waals surface area contributed by atoms with E-state index in [0.29, 0.717) is 22.7 Å². The van der Waals surface area contributed by atoms with E-state index in [2.05, 4.69) is 110 Å². The molecule has 2 saturated carbocycles. The number of phenolic OH excluding ortho intramolecular Hbond substituents is 1. The average molecular weight is 741 g/mol. The Morgan fingerprint density at radius 3 is 1.58 bits per heavy atom. The van der Waals surface area contributed by atoms with Crippen LogP contribution < -0.4 is 4.74 Å². The molecule has 5 heteroatoms. The highest BCUT2D eigenvalue weighted by molar-refractivity contribution is 9.11. The van der Waals surface area contributed by atoms with Gasteiger partial charge in [-0.05, 0) is 132 Å². The first-order valence-electron chi connectivity index (χ1n) is 16.6. The van der Waals surface area contributed by atoms with Crippen molar-refractivity contribution >= 4 is 53.4 Å². The number of hydrogen-bond acceptors (Lipinski definition) is 3. The van der Waals surface area contributed by atoms with Gasteiger partial charge in [-0.1, -0.05) is 110 Å². The van der Waals surface area contributed by atoms with E-state index in [-0.39, 0.29) is 6.10 Å². The molecule has 0 bridgehead atoms. The van der Waals surface area contributed by atoms with Gasteiger partial charge >= 0.3 is 0 Å². The van der Waals surface area contributed by atoms with Crippen LogP contribution in [-0.2, 0) is 0 Å². The molecule has 4 aromatic rings. The van der Waals surface area contributed by atoms with Gasteiger partial charge in [0.05, 0.1) is 12.2 Å². The van der Waals surface area contributed by atoms with Crippen molar-refractivity contribution in [2.45, 2.75) is 105 Å². The molecule has 2 aliphatic rings. The van der Waals surface area contributed by atoms with Crippen LogP contribution in [0.4, 0.5) is 0 Å². The fourth-order valence-electron chi connectivity index (χ4n) is 6.69. The highest BCUT2D eigenvalue weighted by Crippen LogP contribution is 2.40. The van der Waals surface area contributed by atoms with Gasteiger partial charge in [0, 0.05) is 8.95 Å². The molecule has 0 amide bonds. The number of rotatable bonds is 2. The van der Waals surface area contributed by atoms with Crippen LogP contribution in [-0.4, -0.2) is 22.4 Å². The second-order valence-corrected chi connectivity index (χ2v) is 16.8. The summed E-state index contributed by atoms with van der Waals surface area (Å²) in [6.07, 6.45) is 9.74. The largest absolute Gasteiger partial charge is 0.508 e. The molecule has 0 heterocycles. The predicted molar refractivity (Wildman–Crippen MR) is 198 cm³/mol. The van der Waals surface area contributed by atoms with Crippen molar-refractivity contribution in [1.29, 1.82) is 0 Å². The van der Waals surface area contributed by atoms with Crippen molar-refractivity contribution in [3.8, 4) is 11.5 Å². The maximum Gasteiger partial charge on any atom is 0.120 e. The smallest absolute Gasteiger partial charge is 0.120 e.